The summed E-state index contributed by atoms with van der Waals surface area (Å²) in [6.07, 6.45) is 9.31. The van der Waals surface area contributed by atoms with E-state index in [1.165, 1.54) is 38.5 Å². The van der Waals surface area contributed by atoms with Crippen LogP contribution in [-0.4, -0.2) is 27.9 Å². The van der Waals surface area contributed by atoms with Crippen LogP contribution in [-0.2, 0) is 6.42 Å². The fraction of sp³-hybridized carbons (Fsp3) is 0.481. The van der Waals surface area contributed by atoms with Crippen molar-refractivity contribution in [3.63, 3.8) is 0 Å². The van der Waals surface area contributed by atoms with Crippen LogP contribution in [0.4, 0.5) is 0 Å². The molecule has 0 saturated heterocycles. The van der Waals surface area contributed by atoms with Gasteiger partial charge in [0, 0.05) is 29.0 Å². The third-order valence-corrected chi connectivity index (χ3v) is 9.19. The number of thioether (sulfide) groups is 1. The predicted octanol–water partition coefficient (Wildman–Crippen LogP) is 5.85. The Hall–Kier alpha value is -2.27. The van der Waals surface area contributed by atoms with Crippen LogP contribution in [0.3, 0.4) is 0 Å². The maximum atomic E-state index is 12.7. The predicted molar refractivity (Wildman–Crippen MR) is 129 cm³/mol. The summed E-state index contributed by atoms with van der Waals surface area (Å²) in [6.45, 7) is 0.721. The molecule has 3 aromatic rings. The summed E-state index contributed by atoms with van der Waals surface area (Å²) in [5.41, 5.74) is 3.27. The number of nitrogens with zero attached hydrogens (tertiary/aromatic N) is 1. The van der Waals surface area contributed by atoms with Crippen LogP contribution in [0.5, 0.6) is 0 Å². The highest BCUT2D eigenvalue weighted by Crippen LogP contribution is 2.60. The summed E-state index contributed by atoms with van der Waals surface area (Å²) >= 11 is 2.13. The van der Waals surface area contributed by atoms with Crippen molar-refractivity contribution in [2.75, 3.05) is 12.3 Å². The lowest BCUT2D eigenvalue weighted by Crippen LogP contribution is -2.48. The smallest absolute Gasteiger partial charge is 0.251 e. The Morgan fingerprint density at radius 3 is 2.47 bits per heavy atom. The van der Waals surface area contributed by atoms with Gasteiger partial charge in [-0.1, -0.05) is 30.3 Å². The molecule has 166 valence electrons. The van der Waals surface area contributed by atoms with E-state index in [0.29, 0.717) is 28.2 Å². The Morgan fingerprint density at radius 1 is 1.03 bits per heavy atom. The Labute approximate surface area is 193 Å². The second-order valence-corrected chi connectivity index (χ2v) is 11.7. The summed E-state index contributed by atoms with van der Waals surface area (Å²) in [7, 11) is 0. The Morgan fingerprint density at radius 2 is 1.75 bits per heavy atom. The lowest BCUT2D eigenvalue weighted by Gasteiger charge is -2.56. The first-order valence-corrected chi connectivity index (χ1v) is 13.0. The van der Waals surface area contributed by atoms with Gasteiger partial charge in [-0.05, 0) is 80.0 Å². The average Bonchev–Trinajstić information content (AvgIpc) is 3.18. The number of hydrogen-bond donors (Lipinski definition) is 1. The number of carbonyl (C=O) groups excluding carboxylic acids is 1. The average molecular weight is 447 g/mol. The van der Waals surface area contributed by atoms with Gasteiger partial charge in [-0.25, -0.2) is 4.98 Å². The quantitative estimate of drug-likeness (QED) is 0.463. The number of benzene rings is 2. The van der Waals surface area contributed by atoms with Crippen LogP contribution in [0.25, 0.3) is 11.1 Å². The third kappa shape index (κ3) is 4.07. The van der Waals surface area contributed by atoms with Gasteiger partial charge in [0.15, 0.2) is 11.5 Å². The number of amides is 1. The van der Waals surface area contributed by atoms with Crippen LogP contribution < -0.4 is 5.32 Å². The lowest BCUT2D eigenvalue weighted by molar-refractivity contribution is 0.0383. The first-order valence-electron chi connectivity index (χ1n) is 12.0. The van der Waals surface area contributed by atoms with Gasteiger partial charge in [0.05, 0.1) is 0 Å². The summed E-state index contributed by atoms with van der Waals surface area (Å²) < 4.78 is 6.44. The van der Waals surface area contributed by atoms with Crippen molar-refractivity contribution < 1.29 is 9.21 Å². The SMILES string of the molecule is O=C(NCCSC12CC3CC(CC(C3)C1)C2)c1ccc2nc(Cc3ccccc3)oc2c1. The highest BCUT2D eigenvalue weighted by atomic mass is 32.2. The maximum absolute atomic E-state index is 12.7. The molecule has 4 nitrogen and oxygen atoms in total. The molecule has 5 heteroatoms. The van der Waals surface area contributed by atoms with Gasteiger partial charge in [-0.3, -0.25) is 4.79 Å². The van der Waals surface area contributed by atoms with Crippen LogP contribution in [0.1, 0.15) is 60.3 Å². The number of aromatic nitrogens is 1. The van der Waals surface area contributed by atoms with Gasteiger partial charge in [0.2, 0.25) is 0 Å². The van der Waals surface area contributed by atoms with Gasteiger partial charge < -0.3 is 9.73 Å². The number of rotatable bonds is 7. The molecule has 7 rings (SSSR count). The van der Waals surface area contributed by atoms with Crippen molar-refractivity contribution in [3.05, 3.63) is 65.5 Å². The fourth-order valence-corrected chi connectivity index (χ4v) is 8.40. The van der Waals surface area contributed by atoms with Crippen molar-refractivity contribution >= 4 is 28.8 Å². The van der Waals surface area contributed by atoms with E-state index in [9.17, 15) is 4.79 Å². The van der Waals surface area contributed by atoms with Crippen molar-refractivity contribution in [1.29, 1.82) is 0 Å². The topological polar surface area (TPSA) is 55.1 Å². The Balaban J connectivity index is 1.05. The summed E-state index contributed by atoms with van der Waals surface area (Å²) in [4.78, 5) is 17.3. The summed E-state index contributed by atoms with van der Waals surface area (Å²) in [5.74, 6) is 4.58. The van der Waals surface area contributed by atoms with Gasteiger partial charge in [0.25, 0.3) is 5.91 Å². The van der Waals surface area contributed by atoms with E-state index in [4.69, 9.17) is 4.42 Å². The Bertz CT molecular complexity index is 1090. The van der Waals surface area contributed by atoms with E-state index >= 15 is 0 Å². The molecule has 0 radical (unpaired) electrons. The van der Waals surface area contributed by atoms with E-state index in [-0.39, 0.29) is 5.91 Å². The Kier molecular flexibility index (Phi) is 5.25. The van der Waals surface area contributed by atoms with E-state index in [0.717, 1.165) is 41.1 Å². The zero-order chi connectivity index (χ0) is 21.5. The molecule has 1 N–H and O–H groups in total. The summed E-state index contributed by atoms with van der Waals surface area (Å²) in [6, 6.07) is 15.7. The molecule has 0 atom stereocenters. The molecular weight excluding hydrogens is 416 g/mol. The number of nitrogens with one attached hydrogen (secondary N) is 1. The van der Waals surface area contributed by atoms with E-state index in [1.807, 2.05) is 36.4 Å². The highest BCUT2D eigenvalue weighted by molar-refractivity contribution is 8.00. The molecular formula is C27H30N2O2S. The molecule has 4 saturated carbocycles. The molecule has 0 unspecified atom stereocenters. The molecule has 4 bridgehead atoms. The van der Waals surface area contributed by atoms with Crippen molar-refractivity contribution in [2.24, 2.45) is 17.8 Å². The number of hydrogen-bond acceptors (Lipinski definition) is 4. The van der Waals surface area contributed by atoms with Crippen LogP contribution in [0, 0.1) is 17.8 Å². The maximum Gasteiger partial charge on any atom is 0.251 e. The second kappa shape index (κ2) is 8.26. The van der Waals surface area contributed by atoms with Crippen LogP contribution in [0.15, 0.2) is 52.9 Å². The molecule has 1 amide bonds. The number of carbonyl (C=O) groups is 1. The molecule has 32 heavy (non-hydrogen) atoms. The first-order chi connectivity index (χ1) is 15.6. The van der Waals surface area contributed by atoms with Gasteiger partial charge in [-0.15, -0.1) is 0 Å². The first kappa shape index (κ1) is 20.3. The fourth-order valence-electron chi connectivity index (χ4n) is 6.70. The standard InChI is InChI=1S/C27H30N2O2S/c30-26(28-8-9-32-27-15-19-10-20(16-27)12-21(11-19)17-27)22-6-7-23-24(14-22)31-25(29-23)13-18-4-2-1-3-5-18/h1-7,14,19-21H,8-13,15-17H2,(H,28,30). The van der Waals surface area contributed by atoms with Crippen molar-refractivity contribution in [2.45, 2.75) is 49.7 Å². The third-order valence-electron chi connectivity index (χ3n) is 7.67. The highest BCUT2D eigenvalue weighted by Gasteiger charge is 2.50. The minimum Gasteiger partial charge on any atom is -0.440 e. The van der Waals surface area contributed by atoms with Crippen molar-refractivity contribution in [1.82, 2.24) is 10.3 Å². The molecule has 1 heterocycles. The number of fused-ring (bicyclic) bond motifs is 1. The van der Waals surface area contributed by atoms with E-state index < -0.39 is 0 Å². The van der Waals surface area contributed by atoms with Crippen LogP contribution in [0.2, 0.25) is 0 Å². The zero-order valence-corrected chi connectivity index (χ0v) is 19.2. The monoisotopic (exact) mass is 446 g/mol. The minimum absolute atomic E-state index is 0.0287. The number of oxazole rings is 1. The van der Waals surface area contributed by atoms with Crippen LogP contribution >= 0.6 is 11.8 Å². The van der Waals surface area contributed by atoms with E-state index in [2.05, 4.69) is 34.2 Å². The van der Waals surface area contributed by atoms with Gasteiger partial charge in [-0.2, -0.15) is 11.8 Å². The van der Waals surface area contributed by atoms with Gasteiger partial charge >= 0.3 is 0 Å². The molecule has 0 aliphatic heterocycles. The lowest BCUT2D eigenvalue weighted by atomic mass is 9.56. The molecule has 4 aliphatic rings. The summed E-state index contributed by atoms with van der Waals surface area (Å²) in [5, 5.41) is 3.12. The van der Waals surface area contributed by atoms with E-state index in [1.54, 1.807) is 0 Å². The molecule has 0 spiro atoms. The molecule has 1 aromatic heterocycles. The van der Waals surface area contributed by atoms with Crippen molar-refractivity contribution in [3.8, 4) is 0 Å². The molecule has 2 aromatic carbocycles. The normalized spacial score (nSPS) is 28.3. The zero-order valence-electron chi connectivity index (χ0n) is 18.4. The second-order valence-electron chi connectivity index (χ2n) is 10.2. The minimum atomic E-state index is -0.0287. The van der Waals surface area contributed by atoms with Gasteiger partial charge in [0.1, 0.15) is 5.52 Å². The largest absolute Gasteiger partial charge is 0.440 e. The molecule has 4 aliphatic carbocycles. The molecule has 4 fully saturated rings.